The SMILES string of the molecule is CN=C(NCCCN1CCN(c2ncccn2)CC1)NC1CC=CC1.I. The minimum atomic E-state index is 0. The first kappa shape index (κ1) is 20.9. The summed E-state index contributed by atoms with van der Waals surface area (Å²) < 4.78 is 0. The molecule has 0 spiro atoms. The lowest BCUT2D eigenvalue weighted by molar-refractivity contribution is 0.254. The summed E-state index contributed by atoms with van der Waals surface area (Å²) in [7, 11) is 1.84. The molecule has 1 saturated heterocycles. The van der Waals surface area contributed by atoms with Crippen molar-refractivity contribution in [1.82, 2.24) is 25.5 Å². The molecular formula is C18H30IN7. The third-order valence-corrected chi connectivity index (χ3v) is 4.72. The van der Waals surface area contributed by atoms with Crippen LogP contribution < -0.4 is 15.5 Å². The molecule has 1 aromatic heterocycles. The van der Waals surface area contributed by atoms with E-state index >= 15 is 0 Å². The van der Waals surface area contributed by atoms with Crippen molar-refractivity contribution in [2.45, 2.75) is 25.3 Å². The van der Waals surface area contributed by atoms with Gasteiger partial charge < -0.3 is 15.5 Å². The number of nitrogens with zero attached hydrogens (tertiary/aromatic N) is 5. The van der Waals surface area contributed by atoms with Gasteiger partial charge in [0.2, 0.25) is 5.95 Å². The van der Waals surface area contributed by atoms with Crippen LogP contribution in [0.4, 0.5) is 5.95 Å². The Morgan fingerprint density at radius 1 is 1.15 bits per heavy atom. The molecule has 0 saturated carbocycles. The number of aliphatic imine (C=N–C) groups is 1. The molecule has 26 heavy (non-hydrogen) atoms. The normalized spacial score (nSPS) is 18.7. The van der Waals surface area contributed by atoms with Crippen molar-refractivity contribution in [2.24, 2.45) is 4.99 Å². The molecule has 1 fully saturated rings. The Kier molecular flexibility index (Phi) is 9.10. The molecule has 1 aliphatic heterocycles. The van der Waals surface area contributed by atoms with E-state index < -0.39 is 0 Å². The summed E-state index contributed by atoms with van der Waals surface area (Å²) in [6.07, 6.45) is 11.4. The second-order valence-electron chi connectivity index (χ2n) is 6.51. The van der Waals surface area contributed by atoms with E-state index in [1.54, 1.807) is 0 Å². The van der Waals surface area contributed by atoms with Gasteiger partial charge >= 0.3 is 0 Å². The molecule has 8 heteroatoms. The van der Waals surface area contributed by atoms with Crippen LogP contribution in [0, 0.1) is 0 Å². The van der Waals surface area contributed by atoms with E-state index in [0.717, 1.165) is 70.4 Å². The maximum atomic E-state index is 4.34. The van der Waals surface area contributed by atoms with Gasteiger partial charge in [0.05, 0.1) is 0 Å². The average molecular weight is 471 g/mol. The minimum Gasteiger partial charge on any atom is -0.356 e. The van der Waals surface area contributed by atoms with Crippen molar-refractivity contribution in [3.63, 3.8) is 0 Å². The zero-order chi connectivity index (χ0) is 17.3. The fourth-order valence-electron chi connectivity index (χ4n) is 3.26. The Morgan fingerprint density at radius 3 is 2.50 bits per heavy atom. The van der Waals surface area contributed by atoms with Crippen LogP contribution in [0.15, 0.2) is 35.6 Å². The Balaban J connectivity index is 0.00000243. The molecule has 7 nitrogen and oxygen atoms in total. The topological polar surface area (TPSA) is 68.7 Å². The van der Waals surface area contributed by atoms with Gasteiger partial charge in [-0.3, -0.25) is 9.89 Å². The highest BCUT2D eigenvalue weighted by Crippen LogP contribution is 2.10. The number of rotatable bonds is 6. The number of piperazine rings is 1. The van der Waals surface area contributed by atoms with Gasteiger partial charge in [0.15, 0.2) is 5.96 Å². The standard InChI is InChI=1S/C18H29N7.HI/c1-19-17(23-16-6-2-3-7-16)20-10-5-11-24-12-14-25(15-13-24)18-21-8-4-9-22-18;/h2-4,8-9,16H,5-7,10-15H2,1H3,(H2,19,20,23);1H. The Bertz CT molecular complexity index is 562. The fourth-order valence-corrected chi connectivity index (χ4v) is 3.26. The molecule has 144 valence electrons. The van der Waals surface area contributed by atoms with Crippen molar-refractivity contribution in [3.8, 4) is 0 Å². The van der Waals surface area contributed by atoms with Crippen LogP contribution in [0.3, 0.4) is 0 Å². The van der Waals surface area contributed by atoms with E-state index in [0.29, 0.717) is 6.04 Å². The van der Waals surface area contributed by atoms with Crippen LogP contribution >= 0.6 is 24.0 Å². The largest absolute Gasteiger partial charge is 0.356 e. The van der Waals surface area contributed by atoms with Crippen LogP contribution in [0.5, 0.6) is 0 Å². The van der Waals surface area contributed by atoms with Gasteiger partial charge in [-0.25, -0.2) is 9.97 Å². The molecule has 0 aromatic carbocycles. The van der Waals surface area contributed by atoms with E-state index in [9.17, 15) is 0 Å². The Hall–Kier alpha value is -1.42. The van der Waals surface area contributed by atoms with Gasteiger partial charge in [0.25, 0.3) is 0 Å². The van der Waals surface area contributed by atoms with Crippen LogP contribution in [0.25, 0.3) is 0 Å². The number of hydrogen-bond donors (Lipinski definition) is 2. The summed E-state index contributed by atoms with van der Waals surface area (Å²) in [4.78, 5) is 17.8. The molecule has 2 heterocycles. The van der Waals surface area contributed by atoms with Gasteiger partial charge in [-0.1, -0.05) is 12.2 Å². The predicted molar refractivity (Wildman–Crippen MR) is 117 cm³/mol. The van der Waals surface area contributed by atoms with Crippen LogP contribution in [-0.4, -0.2) is 73.2 Å². The molecule has 1 aromatic rings. The highest BCUT2D eigenvalue weighted by atomic mass is 127. The lowest BCUT2D eigenvalue weighted by Crippen LogP contribution is -2.48. The second-order valence-corrected chi connectivity index (χ2v) is 6.51. The monoisotopic (exact) mass is 471 g/mol. The molecule has 2 N–H and O–H groups in total. The average Bonchev–Trinajstić information content (AvgIpc) is 3.18. The number of anilines is 1. The number of nitrogens with one attached hydrogen (secondary N) is 2. The first-order chi connectivity index (χ1) is 12.3. The quantitative estimate of drug-likeness (QED) is 0.216. The highest BCUT2D eigenvalue weighted by Gasteiger charge is 2.18. The van der Waals surface area contributed by atoms with E-state index in [-0.39, 0.29) is 24.0 Å². The summed E-state index contributed by atoms with van der Waals surface area (Å²) in [6, 6.07) is 2.36. The molecule has 2 aliphatic rings. The van der Waals surface area contributed by atoms with E-state index in [2.05, 4.69) is 47.5 Å². The van der Waals surface area contributed by atoms with Crippen molar-refractivity contribution in [2.75, 3.05) is 51.2 Å². The van der Waals surface area contributed by atoms with E-state index in [1.165, 1.54) is 0 Å². The first-order valence-corrected chi connectivity index (χ1v) is 9.21. The van der Waals surface area contributed by atoms with Crippen molar-refractivity contribution in [1.29, 1.82) is 0 Å². The minimum absolute atomic E-state index is 0. The molecular weight excluding hydrogens is 441 g/mol. The summed E-state index contributed by atoms with van der Waals surface area (Å²) >= 11 is 0. The molecule has 0 atom stereocenters. The molecule has 1 aliphatic carbocycles. The van der Waals surface area contributed by atoms with Crippen molar-refractivity contribution in [3.05, 3.63) is 30.6 Å². The maximum Gasteiger partial charge on any atom is 0.225 e. The molecule has 0 radical (unpaired) electrons. The van der Waals surface area contributed by atoms with Gasteiger partial charge in [0, 0.05) is 58.2 Å². The number of halogens is 1. The van der Waals surface area contributed by atoms with Crippen LogP contribution in [0.2, 0.25) is 0 Å². The summed E-state index contributed by atoms with van der Waals surface area (Å²) in [5, 5.41) is 6.89. The first-order valence-electron chi connectivity index (χ1n) is 9.21. The van der Waals surface area contributed by atoms with Gasteiger partial charge in [-0.2, -0.15) is 0 Å². The molecule has 0 bridgehead atoms. The summed E-state index contributed by atoms with van der Waals surface area (Å²) in [5.41, 5.74) is 0. The summed E-state index contributed by atoms with van der Waals surface area (Å²) in [5.74, 6) is 1.76. The molecule has 3 rings (SSSR count). The van der Waals surface area contributed by atoms with Crippen LogP contribution in [-0.2, 0) is 0 Å². The lowest BCUT2D eigenvalue weighted by Gasteiger charge is -2.34. The van der Waals surface area contributed by atoms with E-state index in [4.69, 9.17) is 0 Å². The second kappa shape index (κ2) is 11.3. The lowest BCUT2D eigenvalue weighted by atomic mass is 10.2. The van der Waals surface area contributed by atoms with Gasteiger partial charge in [-0.05, 0) is 31.9 Å². The molecule has 0 amide bonds. The fraction of sp³-hybridized carbons (Fsp3) is 0.611. The maximum absolute atomic E-state index is 4.34. The smallest absolute Gasteiger partial charge is 0.225 e. The zero-order valence-electron chi connectivity index (χ0n) is 15.5. The third kappa shape index (κ3) is 6.39. The predicted octanol–water partition coefficient (Wildman–Crippen LogP) is 1.49. The Labute approximate surface area is 173 Å². The Morgan fingerprint density at radius 2 is 1.85 bits per heavy atom. The van der Waals surface area contributed by atoms with Crippen molar-refractivity contribution >= 4 is 35.9 Å². The number of aromatic nitrogens is 2. The van der Waals surface area contributed by atoms with Gasteiger partial charge in [-0.15, -0.1) is 24.0 Å². The van der Waals surface area contributed by atoms with Crippen LogP contribution in [0.1, 0.15) is 19.3 Å². The summed E-state index contributed by atoms with van der Waals surface area (Å²) in [6.45, 7) is 6.18. The van der Waals surface area contributed by atoms with Gasteiger partial charge in [0.1, 0.15) is 0 Å². The number of hydrogen-bond acceptors (Lipinski definition) is 5. The van der Waals surface area contributed by atoms with E-state index in [1.807, 2.05) is 25.5 Å². The number of guanidine groups is 1. The third-order valence-electron chi connectivity index (χ3n) is 4.72. The zero-order valence-corrected chi connectivity index (χ0v) is 17.8. The highest BCUT2D eigenvalue weighted by molar-refractivity contribution is 14.0. The van der Waals surface area contributed by atoms with Crippen molar-refractivity contribution < 1.29 is 0 Å². The molecule has 0 unspecified atom stereocenters.